The Morgan fingerprint density at radius 1 is 1.32 bits per heavy atom. The molecule has 0 saturated carbocycles. The van der Waals surface area contributed by atoms with Gasteiger partial charge in [-0.25, -0.2) is 9.48 Å². The second-order valence-electron chi connectivity index (χ2n) is 5.24. The standard InChI is InChI=1S/C15H15ClN6O2S/c1-4-21-12(7-8-17-21)24-14(25)10-5-6-11(16)13(9(10)2)22-15(23)20(3)18-19-22/h5-8H,4H2,1-3H3. The summed E-state index contributed by atoms with van der Waals surface area (Å²) in [5.74, 6) is 0.542. The van der Waals surface area contributed by atoms with E-state index >= 15 is 0 Å². The van der Waals surface area contributed by atoms with Crippen molar-refractivity contribution < 1.29 is 4.74 Å². The van der Waals surface area contributed by atoms with E-state index in [2.05, 4.69) is 15.5 Å². The van der Waals surface area contributed by atoms with Gasteiger partial charge in [-0.2, -0.15) is 14.5 Å². The van der Waals surface area contributed by atoms with Crippen LogP contribution in [0.1, 0.15) is 18.1 Å². The number of tetrazole rings is 1. The van der Waals surface area contributed by atoms with Crippen LogP contribution >= 0.6 is 23.8 Å². The number of hydrogen-bond acceptors (Lipinski definition) is 6. The molecule has 0 N–H and O–H groups in total. The average Bonchev–Trinajstić information content (AvgIpc) is 3.16. The molecule has 0 spiro atoms. The Kier molecular flexibility index (Phi) is 4.69. The van der Waals surface area contributed by atoms with Crippen LogP contribution in [0.4, 0.5) is 0 Å². The molecular weight excluding hydrogens is 364 g/mol. The molecule has 0 aliphatic heterocycles. The highest BCUT2D eigenvalue weighted by atomic mass is 35.5. The van der Waals surface area contributed by atoms with Crippen LogP contribution in [0, 0.1) is 6.92 Å². The summed E-state index contributed by atoms with van der Waals surface area (Å²) in [6, 6.07) is 5.12. The molecular formula is C15H15ClN6O2S. The van der Waals surface area contributed by atoms with E-state index in [9.17, 15) is 4.79 Å². The van der Waals surface area contributed by atoms with E-state index in [1.165, 1.54) is 7.05 Å². The summed E-state index contributed by atoms with van der Waals surface area (Å²) < 4.78 is 9.72. The van der Waals surface area contributed by atoms with Crippen molar-refractivity contribution in [3.8, 4) is 11.6 Å². The van der Waals surface area contributed by atoms with Crippen LogP contribution in [0.15, 0.2) is 29.2 Å². The van der Waals surface area contributed by atoms with Crippen molar-refractivity contribution in [1.82, 2.24) is 29.6 Å². The Bertz CT molecular complexity index is 1010. The van der Waals surface area contributed by atoms with Crippen LogP contribution in [-0.4, -0.2) is 34.6 Å². The van der Waals surface area contributed by atoms with Crippen molar-refractivity contribution in [2.45, 2.75) is 20.4 Å². The van der Waals surface area contributed by atoms with Crippen molar-refractivity contribution >= 4 is 28.9 Å². The molecule has 2 heterocycles. The highest BCUT2D eigenvalue weighted by Gasteiger charge is 2.19. The quantitative estimate of drug-likeness (QED) is 0.645. The minimum absolute atomic E-state index is 0.252. The summed E-state index contributed by atoms with van der Waals surface area (Å²) in [6.07, 6.45) is 1.64. The summed E-state index contributed by atoms with van der Waals surface area (Å²) in [5.41, 5.74) is 1.32. The fourth-order valence-electron chi connectivity index (χ4n) is 2.40. The predicted octanol–water partition coefficient (Wildman–Crippen LogP) is 1.90. The van der Waals surface area contributed by atoms with Crippen LogP contribution in [0.3, 0.4) is 0 Å². The second kappa shape index (κ2) is 6.77. The Morgan fingerprint density at radius 3 is 2.72 bits per heavy atom. The number of rotatable bonds is 4. The lowest BCUT2D eigenvalue weighted by molar-refractivity contribution is 0.473. The van der Waals surface area contributed by atoms with Crippen molar-refractivity contribution in [3.63, 3.8) is 0 Å². The lowest BCUT2D eigenvalue weighted by atomic mass is 10.1. The Hall–Kier alpha value is -2.52. The summed E-state index contributed by atoms with van der Waals surface area (Å²) in [6.45, 7) is 4.41. The number of aromatic nitrogens is 6. The largest absolute Gasteiger partial charge is 0.427 e. The summed E-state index contributed by atoms with van der Waals surface area (Å²) >= 11 is 11.7. The predicted molar refractivity (Wildman–Crippen MR) is 96.6 cm³/mol. The molecule has 1 aromatic carbocycles. The molecule has 0 atom stereocenters. The zero-order valence-corrected chi connectivity index (χ0v) is 15.4. The maximum absolute atomic E-state index is 12.2. The number of halogens is 1. The van der Waals surface area contributed by atoms with Gasteiger partial charge in [-0.1, -0.05) is 11.6 Å². The zero-order valence-electron chi connectivity index (χ0n) is 13.8. The Balaban J connectivity index is 2.04. The first kappa shape index (κ1) is 17.3. The highest BCUT2D eigenvalue weighted by molar-refractivity contribution is 7.80. The third-order valence-corrected chi connectivity index (χ3v) is 4.32. The van der Waals surface area contributed by atoms with Gasteiger partial charge in [0, 0.05) is 25.2 Å². The molecule has 10 heteroatoms. The van der Waals surface area contributed by atoms with E-state index in [0.717, 1.165) is 9.36 Å². The molecule has 2 aromatic heterocycles. The first-order valence-corrected chi connectivity index (χ1v) is 8.25. The number of benzene rings is 1. The van der Waals surface area contributed by atoms with Crippen LogP contribution < -0.4 is 10.4 Å². The average molecular weight is 379 g/mol. The summed E-state index contributed by atoms with van der Waals surface area (Å²) in [4.78, 5) is 12.2. The molecule has 3 aromatic rings. The van der Waals surface area contributed by atoms with E-state index in [0.29, 0.717) is 34.3 Å². The van der Waals surface area contributed by atoms with Gasteiger partial charge in [0.2, 0.25) is 5.88 Å². The van der Waals surface area contributed by atoms with E-state index in [4.69, 9.17) is 28.6 Å². The number of thiocarbonyl (C=S) groups is 1. The Labute approximate surface area is 153 Å². The lowest BCUT2D eigenvalue weighted by Crippen LogP contribution is -2.23. The van der Waals surface area contributed by atoms with Gasteiger partial charge in [-0.05, 0) is 54.2 Å². The van der Waals surface area contributed by atoms with E-state index in [1.54, 1.807) is 36.0 Å². The number of nitrogens with zero attached hydrogens (tertiary/aromatic N) is 6. The van der Waals surface area contributed by atoms with Crippen molar-refractivity contribution in [2.24, 2.45) is 7.05 Å². The van der Waals surface area contributed by atoms with Crippen LogP contribution in [0.5, 0.6) is 5.88 Å². The molecule has 0 saturated heterocycles. The summed E-state index contributed by atoms with van der Waals surface area (Å²) in [7, 11) is 1.51. The maximum atomic E-state index is 12.2. The number of ether oxygens (including phenoxy) is 1. The molecule has 0 aliphatic rings. The fourth-order valence-corrected chi connectivity index (χ4v) is 2.99. The second-order valence-corrected chi connectivity index (χ2v) is 6.02. The normalized spacial score (nSPS) is 10.9. The van der Waals surface area contributed by atoms with Crippen LogP contribution in [0.25, 0.3) is 5.69 Å². The number of hydrogen-bond donors (Lipinski definition) is 0. The molecule has 8 nitrogen and oxygen atoms in total. The van der Waals surface area contributed by atoms with Gasteiger partial charge in [0.05, 0.1) is 16.9 Å². The minimum Gasteiger partial charge on any atom is -0.427 e. The number of aryl methyl sites for hydroxylation is 2. The molecule has 25 heavy (non-hydrogen) atoms. The monoisotopic (exact) mass is 378 g/mol. The van der Waals surface area contributed by atoms with E-state index in [-0.39, 0.29) is 5.05 Å². The van der Waals surface area contributed by atoms with Gasteiger partial charge in [0.25, 0.3) is 0 Å². The molecule has 0 radical (unpaired) electrons. The highest BCUT2D eigenvalue weighted by Crippen LogP contribution is 2.26. The first-order chi connectivity index (χ1) is 11.9. The minimum atomic E-state index is -0.405. The zero-order chi connectivity index (χ0) is 18.1. The van der Waals surface area contributed by atoms with Gasteiger partial charge in [-0.3, -0.25) is 0 Å². The van der Waals surface area contributed by atoms with Gasteiger partial charge < -0.3 is 4.74 Å². The molecule has 0 unspecified atom stereocenters. The van der Waals surface area contributed by atoms with E-state index in [1.807, 2.05) is 6.92 Å². The lowest BCUT2D eigenvalue weighted by Gasteiger charge is -2.14. The smallest absolute Gasteiger partial charge is 0.368 e. The van der Waals surface area contributed by atoms with Crippen LogP contribution in [0.2, 0.25) is 5.02 Å². The van der Waals surface area contributed by atoms with Gasteiger partial charge in [-0.15, -0.1) is 0 Å². The van der Waals surface area contributed by atoms with Gasteiger partial charge >= 0.3 is 5.69 Å². The first-order valence-electron chi connectivity index (χ1n) is 7.46. The van der Waals surface area contributed by atoms with Crippen molar-refractivity contribution in [2.75, 3.05) is 0 Å². The molecule has 0 amide bonds. The van der Waals surface area contributed by atoms with Crippen molar-refractivity contribution in [1.29, 1.82) is 0 Å². The van der Waals surface area contributed by atoms with E-state index < -0.39 is 5.69 Å². The van der Waals surface area contributed by atoms with Crippen LogP contribution in [-0.2, 0) is 13.6 Å². The SMILES string of the molecule is CCn1nccc1OC(=S)c1ccc(Cl)c(-n2nnn(C)c2=O)c1C. The van der Waals surface area contributed by atoms with Crippen molar-refractivity contribution in [3.05, 3.63) is 51.0 Å². The third kappa shape index (κ3) is 3.08. The fraction of sp³-hybridized carbons (Fsp3) is 0.267. The third-order valence-electron chi connectivity index (χ3n) is 3.71. The summed E-state index contributed by atoms with van der Waals surface area (Å²) in [5, 5.41) is 12.3. The topological polar surface area (TPSA) is 79.8 Å². The maximum Gasteiger partial charge on any atom is 0.368 e. The van der Waals surface area contributed by atoms with Gasteiger partial charge in [0.15, 0.2) is 5.05 Å². The van der Waals surface area contributed by atoms with Gasteiger partial charge in [0.1, 0.15) is 0 Å². The molecule has 0 fully saturated rings. The molecule has 0 bridgehead atoms. The molecule has 3 rings (SSSR count). The molecule has 130 valence electrons. The Morgan fingerprint density at radius 2 is 2.08 bits per heavy atom. The molecule has 0 aliphatic carbocycles.